The van der Waals surface area contributed by atoms with Crippen molar-refractivity contribution < 1.29 is 4.74 Å². The van der Waals surface area contributed by atoms with E-state index in [0.717, 1.165) is 29.9 Å². The molecule has 1 aliphatic rings. The zero-order chi connectivity index (χ0) is 12.5. The Kier molecular flexibility index (Phi) is 2.74. The number of hydrogen-bond acceptors (Lipinski definition) is 4. The van der Waals surface area contributed by atoms with Gasteiger partial charge in [0.05, 0.1) is 18.1 Å². The quantitative estimate of drug-likeness (QED) is 0.877. The average molecular weight is 246 g/mol. The van der Waals surface area contributed by atoms with Crippen LogP contribution in [0.15, 0.2) is 18.2 Å². The molecule has 1 fully saturated rings. The molecule has 0 amide bonds. The lowest BCUT2D eigenvalue weighted by Gasteiger charge is -2.30. The monoisotopic (exact) mass is 246 g/mol. The van der Waals surface area contributed by atoms with Gasteiger partial charge in [-0.1, -0.05) is 0 Å². The van der Waals surface area contributed by atoms with Crippen LogP contribution in [0.5, 0.6) is 5.75 Å². The van der Waals surface area contributed by atoms with Crippen molar-refractivity contribution in [1.29, 1.82) is 0 Å². The minimum atomic E-state index is 0.556. The molecule has 18 heavy (non-hydrogen) atoms. The Hall–Kier alpha value is -1.91. The summed E-state index contributed by atoms with van der Waals surface area (Å²) in [7, 11) is 1.67. The Bertz CT molecular complexity index is 557. The SMILES string of the molecule is COc1ccc2nc(N)n(N3CCCCC3)c2c1. The highest BCUT2D eigenvalue weighted by molar-refractivity contribution is 5.80. The first kappa shape index (κ1) is 11.2. The molecule has 2 aromatic rings. The van der Waals surface area contributed by atoms with Gasteiger partial charge in [0, 0.05) is 19.2 Å². The molecule has 0 unspecified atom stereocenters. The van der Waals surface area contributed by atoms with Crippen molar-refractivity contribution in [3.63, 3.8) is 0 Å². The molecule has 3 rings (SSSR count). The maximum atomic E-state index is 6.05. The summed E-state index contributed by atoms with van der Waals surface area (Å²) in [5.74, 6) is 1.39. The number of fused-ring (bicyclic) bond motifs is 1. The van der Waals surface area contributed by atoms with E-state index in [0.29, 0.717) is 5.95 Å². The van der Waals surface area contributed by atoms with Crippen LogP contribution in [0, 0.1) is 0 Å². The number of nitrogens with two attached hydrogens (primary N) is 1. The third kappa shape index (κ3) is 1.75. The van der Waals surface area contributed by atoms with E-state index in [1.165, 1.54) is 19.3 Å². The highest BCUT2D eigenvalue weighted by Gasteiger charge is 2.17. The minimum Gasteiger partial charge on any atom is -0.497 e. The van der Waals surface area contributed by atoms with Gasteiger partial charge in [-0.25, -0.2) is 9.66 Å². The molecule has 0 radical (unpaired) electrons. The van der Waals surface area contributed by atoms with Crippen molar-refractivity contribution in [2.45, 2.75) is 19.3 Å². The van der Waals surface area contributed by atoms with Crippen LogP contribution in [-0.2, 0) is 0 Å². The van der Waals surface area contributed by atoms with Crippen molar-refractivity contribution in [1.82, 2.24) is 9.66 Å². The van der Waals surface area contributed by atoms with Crippen molar-refractivity contribution in [2.24, 2.45) is 0 Å². The zero-order valence-electron chi connectivity index (χ0n) is 10.6. The van der Waals surface area contributed by atoms with Gasteiger partial charge in [-0.3, -0.25) is 0 Å². The minimum absolute atomic E-state index is 0.556. The third-order valence-corrected chi connectivity index (χ3v) is 3.48. The fraction of sp³-hybridized carbons (Fsp3) is 0.462. The Morgan fingerprint density at radius 1 is 1.22 bits per heavy atom. The summed E-state index contributed by atoms with van der Waals surface area (Å²) in [4.78, 5) is 4.41. The first-order chi connectivity index (χ1) is 8.79. The van der Waals surface area contributed by atoms with Crippen LogP contribution in [0.4, 0.5) is 5.95 Å². The summed E-state index contributed by atoms with van der Waals surface area (Å²) >= 11 is 0. The number of nitrogen functional groups attached to an aromatic ring is 1. The number of imidazole rings is 1. The van der Waals surface area contributed by atoms with Gasteiger partial charge in [-0.15, -0.1) is 0 Å². The van der Waals surface area contributed by atoms with Gasteiger partial charge in [0.25, 0.3) is 0 Å². The zero-order valence-corrected chi connectivity index (χ0v) is 10.6. The van der Waals surface area contributed by atoms with E-state index in [9.17, 15) is 0 Å². The predicted molar refractivity (Wildman–Crippen MR) is 72.5 cm³/mol. The van der Waals surface area contributed by atoms with Crippen LogP contribution < -0.4 is 15.5 Å². The Morgan fingerprint density at radius 2 is 2.00 bits per heavy atom. The Labute approximate surface area is 106 Å². The molecule has 1 saturated heterocycles. The molecule has 0 atom stereocenters. The summed E-state index contributed by atoms with van der Waals surface area (Å²) in [6.07, 6.45) is 3.72. The van der Waals surface area contributed by atoms with E-state index >= 15 is 0 Å². The molecule has 5 nitrogen and oxygen atoms in total. The molecule has 1 aliphatic heterocycles. The molecule has 1 aromatic heterocycles. The van der Waals surface area contributed by atoms with Gasteiger partial charge in [0.15, 0.2) is 0 Å². The molecule has 1 aromatic carbocycles. The number of nitrogens with zero attached hydrogens (tertiary/aromatic N) is 3. The second-order valence-corrected chi connectivity index (χ2v) is 4.65. The number of rotatable bonds is 2. The molecular weight excluding hydrogens is 228 g/mol. The van der Waals surface area contributed by atoms with Crippen molar-refractivity contribution >= 4 is 17.0 Å². The van der Waals surface area contributed by atoms with Crippen LogP contribution in [0.3, 0.4) is 0 Å². The van der Waals surface area contributed by atoms with E-state index in [4.69, 9.17) is 10.5 Å². The Balaban J connectivity index is 2.10. The summed E-state index contributed by atoms with van der Waals surface area (Å²) < 4.78 is 7.30. The number of anilines is 1. The van der Waals surface area contributed by atoms with Crippen LogP contribution in [0.1, 0.15) is 19.3 Å². The number of benzene rings is 1. The largest absolute Gasteiger partial charge is 0.497 e. The first-order valence-electron chi connectivity index (χ1n) is 6.37. The molecule has 2 heterocycles. The number of methoxy groups -OCH3 is 1. The molecule has 0 spiro atoms. The topological polar surface area (TPSA) is 56.3 Å². The van der Waals surface area contributed by atoms with E-state index in [2.05, 4.69) is 9.99 Å². The van der Waals surface area contributed by atoms with Gasteiger partial charge >= 0.3 is 0 Å². The maximum Gasteiger partial charge on any atom is 0.220 e. The summed E-state index contributed by atoms with van der Waals surface area (Å²) in [5.41, 5.74) is 7.98. The average Bonchev–Trinajstić information content (AvgIpc) is 2.74. The summed E-state index contributed by atoms with van der Waals surface area (Å²) in [6, 6.07) is 5.85. The maximum absolute atomic E-state index is 6.05. The molecule has 0 aliphatic carbocycles. The lowest BCUT2D eigenvalue weighted by molar-refractivity contribution is 0.415. The molecule has 0 bridgehead atoms. The molecule has 5 heteroatoms. The van der Waals surface area contributed by atoms with E-state index < -0.39 is 0 Å². The van der Waals surface area contributed by atoms with E-state index in [1.54, 1.807) is 7.11 Å². The Morgan fingerprint density at radius 3 is 2.72 bits per heavy atom. The van der Waals surface area contributed by atoms with Crippen molar-refractivity contribution in [2.75, 3.05) is 30.9 Å². The lowest BCUT2D eigenvalue weighted by atomic mass is 10.2. The van der Waals surface area contributed by atoms with Crippen LogP contribution in [0.2, 0.25) is 0 Å². The normalized spacial score (nSPS) is 16.2. The van der Waals surface area contributed by atoms with E-state index in [-0.39, 0.29) is 0 Å². The first-order valence-corrected chi connectivity index (χ1v) is 6.37. The van der Waals surface area contributed by atoms with Crippen LogP contribution >= 0.6 is 0 Å². The standard InChI is InChI=1S/C13H18N4O/c1-18-10-5-6-11-12(9-10)17(13(14)15-11)16-7-3-2-4-8-16/h5-6,9H,2-4,7-8H2,1H3,(H2,14,15). The number of aromatic nitrogens is 2. The lowest BCUT2D eigenvalue weighted by Crippen LogP contribution is -2.39. The summed E-state index contributed by atoms with van der Waals surface area (Å²) in [5, 5.41) is 2.27. The molecule has 2 N–H and O–H groups in total. The van der Waals surface area contributed by atoms with Gasteiger partial charge < -0.3 is 15.5 Å². The van der Waals surface area contributed by atoms with Gasteiger partial charge in [0.1, 0.15) is 5.75 Å². The van der Waals surface area contributed by atoms with Gasteiger partial charge in [-0.2, -0.15) is 0 Å². The second-order valence-electron chi connectivity index (χ2n) is 4.65. The highest BCUT2D eigenvalue weighted by Crippen LogP contribution is 2.24. The van der Waals surface area contributed by atoms with Gasteiger partial charge in [0.2, 0.25) is 5.95 Å². The second kappa shape index (κ2) is 4.40. The van der Waals surface area contributed by atoms with Crippen LogP contribution in [0.25, 0.3) is 11.0 Å². The predicted octanol–water partition coefficient (Wildman–Crippen LogP) is 1.75. The molecule has 0 saturated carbocycles. The van der Waals surface area contributed by atoms with Crippen LogP contribution in [-0.4, -0.2) is 29.9 Å². The third-order valence-electron chi connectivity index (χ3n) is 3.48. The van der Waals surface area contributed by atoms with Crippen molar-refractivity contribution in [3.05, 3.63) is 18.2 Å². The van der Waals surface area contributed by atoms with E-state index in [1.807, 2.05) is 22.9 Å². The fourth-order valence-electron chi connectivity index (χ4n) is 2.56. The smallest absolute Gasteiger partial charge is 0.220 e. The van der Waals surface area contributed by atoms with Gasteiger partial charge in [-0.05, 0) is 31.4 Å². The van der Waals surface area contributed by atoms with Crippen molar-refractivity contribution in [3.8, 4) is 5.75 Å². The number of piperidine rings is 1. The molecule has 96 valence electrons. The fourth-order valence-corrected chi connectivity index (χ4v) is 2.56. The number of hydrogen-bond donors (Lipinski definition) is 1. The summed E-state index contributed by atoms with van der Waals surface area (Å²) in [6.45, 7) is 2.07. The molecular formula is C13H18N4O. The number of ether oxygens (including phenoxy) is 1. The highest BCUT2D eigenvalue weighted by atomic mass is 16.5.